The maximum absolute atomic E-state index is 6.65. The molecule has 0 aliphatic rings. The molecule has 0 atom stereocenters. The first-order valence-electron chi connectivity index (χ1n) is 17.6. The van der Waals surface area contributed by atoms with Gasteiger partial charge in [-0.15, -0.1) is 0 Å². The van der Waals surface area contributed by atoms with Crippen molar-refractivity contribution in [1.82, 2.24) is 14.1 Å². The minimum atomic E-state index is 0.863. The van der Waals surface area contributed by atoms with E-state index in [4.69, 9.17) is 9.40 Å². The van der Waals surface area contributed by atoms with Gasteiger partial charge in [-0.25, -0.2) is 4.98 Å². The molecule has 0 saturated heterocycles. The Hall–Kier alpha value is -6.91. The first-order valence-corrected chi connectivity index (χ1v) is 17.6. The van der Waals surface area contributed by atoms with Crippen molar-refractivity contribution in [3.8, 4) is 22.6 Å². The number of benzene rings is 6. The van der Waals surface area contributed by atoms with Crippen molar-refractivity contribution in [1.29, 1.82) is 0 Å². The van der Waals surface area contributed by atoms with Gasteiger partial charge >= 0.3 is 0 Å². The van der Waals surface area contributed by atoms with Crippen LogP contribution in [0, 0.1) is 0 Å². The van der Waals surface area contributed by atoms with Crippen molar-refractivity contribution < 1.29 is 4.42 Å². The lowest BCUT2D eigenvalue weighted by molar-refractivity contribution is 0.673. The maximum Gasteiger partial charge on any atom is 0.145 e. The van der Waals surface area contributed by atoms with Gasteiger partial charge in [0.05, 0.1) is 38.8 Å². The van der Waals surface area contributed by atoms with Gasteiger partial charge < -0.3 is 13.6 Å². The standard InChI is InChI=1S/C48H33N3O/c1-3-4-6-14-31(2)40-19-13-20-41(49-40)32-23-25-34(26-24-32)50-42-21-11-9-17-35(42)38-29-39-45(30-44(38)50)51(33-15-7-5-8-16-33)43-28-27-37-36-18-10-12-22-46(36)52-48(37)47(39)43/h3-30H,2H2,1H3/b4-3-,14-6-. The average molecular weight is 668 g/mol. The fourth-order valence-electron chi connectivity index (χ4n) is 7.80. The molecule has 4 aromatic heterocycles. The normalized spacial score (nSPS) is 12.2. The Morgan fingerprint density at radius 1 is 0.577 bits per heavy atom. The molecule has 0 spiro atoms. The molecule has 6 aromatic carbocycles. The van der Waals surface area contributed by atoms with E-state index >= 15 is 0 Å². The van der Waals surface area contributed by atoms with E-state index in [1.807, 2.05) is 49.4 Å². The zero-order valence-corrected chi connectivity index (χ0v) is 28.6. The van der Waals surface area contributed by atoms with Crippen LogP contribution in [0.2, 0.25) is 0 Å². The van der Waals surface area contributed by atoms with Gasteiger partial charge in [0.25, 0.3) is 0 Å². The Kier molecular flexibility index (Phi) is 6.83. The van der Waals surface area contributed by atoms with Crippen molar-refractivity contribution in [3.63, 3.8) is 0 Å². The van der Waals surface area contributed by atoms with E-state index in [1.165, 1.54) is 16.2 Å². The van der Waals surface area contributed by atoms with Crippen LogP contribution in [0.4, 0.5) is 0 Å². The van der Waals surface area contributed by atoms with Crippen LogP contribution >= 0.6 is 0 Å². The number of nitrogens with zero attached hydrogens (tertiary/aromatic N) is 3. The van der Waals surface area contributed by atoms with Crippen molar-refractivity contribution in [2.45, 2.75) is 6.92 Å². The van der Waals surface area contributed by atoms with Gasteiger partial charge in [-0.2, -0.15) is 0 Å². The van der Waals surface area contributed by atoms with Gasteiger partial charge in [0.15, 0.2) is 0 Å². The molecule has 0 saturated carbocycles. The monoisotopic (exact) mass is 667 g/mol. The number of fused-ring (bicyclic) bond motifs is 10. The molecule has 0 N–H and O–H groups in total. The van der Waals surface area contributed by atoms with Gasteiger partial charge in [0.2, 0.25) is 0 Å². The summed E-state index contributed by atoms with van der Waals surface area (Å²) in [5.41, 5.74) is 12.3. The van der Waals surface area contributed by atoms with Crippen LogP contribution in [0.25, 0.3) is 93.8 Å². The minimum Gasteiger partial charge on any atom is -0.455 e. The summed E-state index contributed by atoms with van der Waals surface area (Å²) in [5.74, 6) is 0. The molecule has 4 nitrogen and oxygen atoms in total. The van der Waals surface area contributed by atoms with Gasteiger partial charge in [-0.1, -0.05) is 104 Å². The van der Waals surface area contributed by atoms with Gasteiger partial charge in [0, 0.05) is 43.9 Å². The van der Waals surface area contributed by atoms with E-state index < -0.39 is 0 Å². The molecule has 0 radical (unpaired) electrons. The zero-order chi connectivity index (χ0) is 34.8. The third-order valence-electron chi connectivity index (χ3n) is 10.2. The fourth-order valence-corrected chi connectivity index (χ4v) is 7.80. The van der Waals surface area contributed by atoms with E-state index in [0.29, 0.717) is 0 Å². The third-order valence-corrected chi connectivity index (χ3v) is 10.2. The second-order valence-electron chi connectivity index (χ2n) is 13.2. The summed E-state index contributed by atoms with van der Waals surface area (Å²) in [4.78, 5) is 4.95. The fraction of sp³-hybridized carbons (Fsp3) is 0.0208. The van der Waals surface area contributed by atoms with Crippen LogP contribution in [-0.2, 0) is 0 Å². The first-order chi connectivity index (χ1) is 25.7. The Morgan fingerprint density at radius 3 is 2.15 bits per heavy atom. The second kappa shape index (κ2) is 11.9. The van der Waals surface area contributed by atoms with Gasteiger partial charge in [0.1, 0.15) is 11.2 Å². The molecule has 0 amide bonds. The molecule has 4 heteroatoms. The predicted octanol–water partition coefficient (Wildman–Crippen LogP) is 13.0. The topological polar surface area (TPSA) is 35.9 Å². The van der Waals surface area contributed by atoms with E-state index in [2.05, 4.69) is 143 Å². The van der Waals surface area contributed by atoms with Crippen LogP contribution in [0.1, 0.15) is 12.6 Å². The maximum atomic E-state index is 6.65. The summed E-state index contributed by atoms with van der Waals surface area (Å²) in [6.45, 7) is 6.23. The van der Waals surface area contributed by atoms with E-state index in [1.54, 1.807) is 0 Å². The summed E-state index contributed by atoms with van der Waals surface area (Å²) in [6.07, 6.45) is 7.97. The molecule has 0 aliphatic carbocycles. The van der Waals surface area contributed by atoms with Gasteiger partial charge in [-0.05, 0) is 85.3 Å². The number of hydrogen-bond acceptors (Lipinski definition) is 2. The lowest BCUT2D eigenvalue weighted by atomic mass is 10.1. The largest absolute Gasteiger partial charge is 0.455 e. The zero-order valence-electron chi connectivity index (χ0n) is 28.6. The Morgan fingerprint density at radius 2 is 1.31 bits per heavy atom. The Bertz CT molecular complexity index is 3080. The SMILES string of the molecule is C=C(/C=C\C=C/C)c1cccc(-c2ccc(-n3c4ccccc4c4cc5c6c7oc8ccccc8c7ccc6n(-c6ccccc6)c5cc43)cc2)n1. The first kappa shape index (κ1) is 30.0. The minimum absolute atomic E-state index is 0.863. The summed E-state index contributed by atoms with van der Waals surface area (Å²) in [6, 6.07) is 51.7. The lowest BCUT2D eigenvalue weighted by Gasteiger charge is -2.11. The van der Waals surface area contributed by atoms with Crippen LogP contribution in [-0.4, -0.2) is 14.1 Å². The molecule has 0 unspecified atom stereocenters. The highest BCUT2D eigenvalue weighted by molar-refractivity contribution is 6.26. The van der Waals surface area contributed by atoms with E-state index in [9.17, 15) is 0 Å². The number of aromatic nitrogens is 3. The molecule has 10 aromatic rings. The smallest absolute Gasteiger partial charge is 0.145 e. The van der Waals surface area contributed by atoms with Crippen molar-refractivity contribution in [3.05, 3.63) is 182 Å². The molecule has 4 heterocycles. The number of furan rings is 1. The second-order valence-corrected chi connectivity index (χ2v) is 13.2. The van der Waals surface area contributed by atoms with Crippen molar-refractivity contribution >= 4 is 71.1 Å². The number of hydrogen-bond donors (Lipinski definition) is 0. The molecular formula is C48H33N3O. The van der Waals surface area contributed by atoms with E-state index in [0.717, 1.165) is 83.3 Å². The van der Waals surface area contributed by atoms with Crippen molar-refractivity contribution in [2.75, 3.05) is 0 Å². The lowest BCUT2D eigenvalue weighted by Crippen LogP contribution is -1.96. The highest BCUT2D eigenvalue weighted by Crippen LogP contribution is 2.43. The Balaban J connectivity index is 1.20. The van der Waals surface area contributed by atoms with E-state index in [-0.39, 0.29) is 0 Å². The number of para-hydroxylation sites is 3. The average Bonchev–Trinajstić information content (AvgIpc) is 3.85. The van der Waals surface area contributed by atoms with Crippen LogP contribution in [0.15, 0.2) is 181 Å². The highest BCUT2D eigenvalue weighted by Gasteiger charge is 2.22. The molecule has 10 rings (SSSR count). The summed E-state index contributed by atoms with van der Waals surface area (Å²) >= 11 is 0. The summed E-state index contributed by atoms with van der Waals surface area (Å²) < 4.78 is 11.4. The molecule has 246 valence electrons. The number of pyridine rings is 1. The number of rotatable bonds is 6. The quantitative estimate of drug-likeness (QED) is 0.165. The van der Waals surface area contributed by atoms with Crippen LogP contribution < -0.4 is 0 Å². The van der Waals surface area contributed by atoms with Gasteiger partial charge in [-0.3, -0.25) is 0 Å². The summed E-state index contributed by atoms with van der Waals surface area (Å²) in [7, 11) is 0. The molecule has 52 heavy (non-hydrogen) atoms. The third kappa shape index (κ3) is 4.58. The molecule has 0 fully saturated rings. The van der Waals surface area contributed by atoms with Crippen LogP contribution in [0.3, 0.4) is 0 Å². The molecule has 0 aliphatic heterocycles. The highest BCUT2D eigenvalue weighted by atomic mass is 16.3. The predicted molar refractivity (Wildman–Crippen MR) is 219 cm³/mol. The molecule has 0 bridgehead atoms. The van der Waals surface area contributed by atoms with Crippen molar-refractivity contribution in [2.24, 2.45) is 0 Å². The Labute approximate surface area is 300 Å². The summed E-state index contributed by atoms with van der Waals surface area (Å²) in [5, 5.41) is 6.97. The number of allylic oxidation sites excluding steroid dienone is 5. The van der Waals surface area contributed by atoms with Crippen LogP contribution in [0.5, 0.6) is 0 Å². The molecular weight excluding hydrogens is 635 g/mol.